The van der Waals surface area contributed by atoms with Crippen LogP contribution in [0.15, 0.2) is 48.5 Å². The molecule has 0 saturated heterocycles. The maximum atomic E-state index is 12.1. The Bertz CT molecular complexity index is 681. The SMILES string of the molecule is COc1ccccc1[C@@H](C)NC(=S)Nc1ccc(OC(F)F)cc1. The topological polar surface area (TPSA) is 42.5 Å². The Balaban J connectivity index is 1.95. The first-order valence-electron chi connectivity index (χ1n) is 7.25. The molecule has 2 rings (SSSR count). The van der Waals surface area contributed by atoms with E-state index in [2.05, 4.69) is 15.4 Å². The molecule has 0 fully saturated rings. The molecule has 0 aliphatic carbocycles. The van der Waals surface area contributed by atoms with Crippen LogP contribution in [0, 0.1) is 0 Å². The van der Waals surface area contributed by atoms with Crippen molar-refractivity contribution < 1.29 is 18.3 Å². The number of thiocarbonyl (C=S) groups is 1. The van der Waals surface area contributed by atoms with Crippen LogP contribution in [0.2, 0.25) is 0 Å². The third kappa shape index (κ3) is 5.06. The number of rotatable bonds is 6. The van der Waals surface area contributed by atoms with Crippen molar-refractivity contribution in [2.45, 2.75) is 19.6 Å². The van der Waals surface area contributed by atoms with Gasteiger partial charge < -0.3 is 20.1 Å². The Kier molecular flexibility index (Phi) is 6.31. The van der Waals surface area contributed by atoms with Gasteiger partial charge in [-0.2, -0.15) is 8.78 Å². The molecule has 128 valence electrons. The summed E-state index contributed by atoms with van der Waals surface area (Å²) in [6, 6.07) is 13.7. The Labute approximate surface area is 144 Å². The Morgan fingerprint density at radius 2 is 1.75 bits per heavy atom. The van der Waals surface area contributed by atoms with E-state index < -0.39 is 6.61 Å². The molecule has 0 spiro atoms. The van der Waals surface area contributed by atoms with Crippen molar-refractivity contribution in [3.63, 3.8) is 0 Å². The van der Waals surface area contributed by atoms with Crippen molar-refractivity contribution in [3.8, 4) is 11.5 Å². The smallest absolute Gasteiger partial charge is 0.387 e. The van der Waals surface area contributed by atoms with Crippen LogP contribution in [0.5, 0.6) is 11.5 Å². The standard InChI is InChI=1S/C17H18F2N2O2S/c1-11(14-5-3-4-6-15(14)22-2)20-17(24)21-12-7-9-13(10-8-12)23-16(18)19/h3-11,16H,1-2H3,(H2,20,21,24)/t11-/m1/s1. The Morgan fingerprint density at radius 3 is 2.38 bits per heavy atom. The van der Waals surface area contributed by atoms with E-state index in [9.17, 15) is 8.78 Å². The summed E-state index contributed by atoms with van der Waals surface area (Å²) in [7, 11) is 1.62. The number of anilines is 1. The number of benzene rings is 2. The molecule has 0 aliphatic heterocycles. The minimum Gasteiger partial charge on any atom is -0.496 e. The van der Waals surface area contributed by atoms with Gasteiger partial charge in [0.1, 0.15) is 11.5 Å². The minimum absolute atomic E-state index is 0.0670. The monoisotopic (exact) mass is 352 g/mol. The number of nitrogens with one attached hydrogen (secondary N) is 2. The molecule has 0 aliphatic rings. The molecule has 0 saturated carbocycles. The summed E-state index contributed by atoms with van der Waals surface area (Å²) in [6.45, 7) is -0.876. The average Bonchev–Trinajstić information content (AvgIpc) is 2.56. The summed E-state index contributed by atoms with van der Waals surface area (Å²) in [6.07, 6.45) is 0. The van der Waals surface area contributed by atoms with Crippen LogP contribution in [-0.2, 0) is 0 Å². The Hall–Kier alpha value is -2.41. The van der Waals surface area contributed by atoms with Crippen LogP contribution in [0.25, 0.3) is 0 Å². The van der Waals surface area contributed by atoms with Gasteiger partial charge in [-0.25, -0.2) is 0 Å². The maximum Gasteiger partial charge on any atom is 0.387 e. The molecule has 24 heavy (non-hydrogen) atoms. The lowest BCUT2D eigenvalue weighted by atomic mass is 10.1. The molecule has 0 radical (unpaired) electrons. The van der Waals surface area contributed by atoms with E-state index in [0.29, 0.717) is 10.8 Å². The van der Waals surface area contributed by atoms with Crippen LogP contribution in [0.4, 0.5) is 14.5 Å². The van der Waals surface area contributed by atoms with Gasteiger partial charge in [-0.15, -0.1) is 0 Å². The van der Waals surface area contributed by atoms with Gasteiger partial charge in [0.15, 0.2) is 5.11 Å². The second kappa shape index (κ2) is 8.44. The van der Waals surface area contributed by atoms with Crippen LogP contribution >= 0.6 is 12.2 Å². The molecular formula is C17H18F2N2O2S. The third-order valence-electron chi connectivity index (χ3n) is 3.29. The van der Waals surface area contributed by atoms with E-state index in [1.54, 1.807) is 19.2 Å². The number of hydrogen-bond donors (Lipinski definition) is 2. The first-order chi connectivity index (χ1) is 11.5. The zero-order chi connectivity index (χ0) is 17.5. The van der Waals surface area contributed by atoms with Gasteiger partial charge in [0.2, 0.25) is 0 Å². The van der Waals surface area contributed by atoms with Gasteiger partial charge in [-0.05, 0) is 49.5 Å². The highest BCUT2D eigenvalue weighted by Gasteiger charge is 2.12. The molecule has 2 aromatic rings. The number of hydrogen-bond acceptors (Lipinski definition) is 3. The van der Waals surface area contributed by atoms with Crippen molar-refractivity contribution in [1.82, 2.24) is 5.32 Å². The first kappa shape index (κ1) is 17.9. The average molecular weight is 352 g/mol. The fraction of sp³-hybridized carbons (Fsp3) is 0.235. The number of para-hydroxylation sites is 1. The fourth-order valence-electron chi connectivity index (χ4n) is 2.19. The summed E-state index contributed by atoms with van der Waals surface area (Å²) < 4.78 is 33.9. The summed E-state index contributed by atoms with van der Waals surface area (Å²) in [5, 5.41) is 6.57. The molecule has 7 heteroatoms. The largest absolute Gasteiger partial charge is 0.496 e. The zero-order valence-electron chi connectivity index (χ0n) is 13.3. The number of methoxy groups -OCH3 is 1. The van der Waals surface area contributed by atoms with Crippen LogP contribution in [0.1, 0.15) is 18.5 Å². The van der Waals surface area contributed by atoms with Crippen LogP contribution in [0.3, 0.4) is 0 Å². The second-order valence-corrected chi connectivity index (χ2v) is 5.37. The summed E-state index contributed by atoms with van der Waals surface area (Å²) >= 11 is 5.28. The highest BCUT2D eigenvalue weighted by atomic mass is 32.1. The number of ether oxygens (including phenoxy) is 2. The molecule has 0 aromatic heterocycles. The molecule has 2 aromatic carbocycles. The molecule has 0 heterocycles. The van der Waals surface area contributed by atoms with Crippen molar-refractivity contribution >= 4 is 23.0 Å². The predicted molar refractivity (Wildman–Crippen MR) is 93.8 cm³/mol. The number of halogens is 2. The van der Waals surface area contributed by atoms with E-state index >= 15 is 0 Å². The molecule has 1 atom stereocenters. The van der Waals surface area contributed by atoms with E-state index in [-0.39, 0.29) is 11.8 Å². The maximum absolute atomic E-state index is 12.1. The van der Waals surface area contributed by atoms with Gasteiger partial charge in [-0.1, -0.05) is 18.2 Å². The van der Waals surface area contributed by atoms with Gasteiger partial charge in [-0.3, -0.25) is 0 Å². The third-order valence-corrected chi connectivity index (χ3v) is 3.51. The van der Waals surface area contributed by atoms with Crippen molar-refractivity contribution in [2.24, 2.45) is 0 Å². The van der Waals surface area contributed by atoms with E-state index in [0.717, 1.165) is 11.3 Å². The van der Waals surface area contributed by atoms with Crippen molar-refractivity contribution in [1.29, 1.82) is 0 Å². The van der Waals surface area contributed by atoms with Gasteiger partial charge in [0, 0.05) is 11.3 Å². The molecule has 0 unspecified atom stereocenters. The summed E-state index contributed by atoms with van der Waals surface area (Å²) in [5.41, 5.74) is 1.64. The molecule has 2 N–H and O–H groups in total. The van der Waals surface area contributed by atoms with Crippen LogP contribution in [-0.4, -0.2) is 18.8 Å². The Morgan fingerprint density at radius 1 is 1.08 bits per heavy atom. The molecule has 0 bridgehead atoms. The van der Waals surface area contributed by atoms with Gasteiger partial charge in [0.25, 0.3) is 0 Å². The van der Waals surface area contributed by atoms with Crippen molar-refractivity contribution in [2.75, 3.05) is 12.4 Å². The summed E-state index contributed by atoms with van der Waals surface area (Å²) in [4.78, 5) is 0. The lowest BCUT2D eigenvalue weighted by Gasteiger charge is -2.19. The molecule has 0 amide bonds. The molecule has 4 nitrogen and oxygen atoms in total. The van der Waals surface area contributed by atoms with E-state index in [1.807, 2.05) is 31.2 Å². The van der Waals surface area contributed by atoms with Crippen molar-refractivity contribution in [3.05, 3.63) is 54.1 Å². The van der Waals surface area contributed by atoms with Gasteiger partial charge in [0.05, 0.1) is 13.2 Å². The van der Waals surface area contributed by atoms with E-state index in [1.165, 1.54) is 12.1 Å². The fourth-order valence-corrected chi connectivity index (χ4v) is 2.48. The normalized spacial score (nSPS) is 11.7. The van der Waals surface area contributed by atoms with Gasteiger partial charge >= 0.3 is 6.61 Å². The second-order valence-electron chi connectivity index (χ2n) is 4.96. The molecular weight excluding hydrogens is 334 g/mol. The summed E-state index contributed by atoms with van der Waals surface area (Å²) in [5.74, 6) is 0.866. The minimum atomic E-state index is -2.84. The zero-order valence-corrected chi connectivity index (χ0v) is 14.1. The first-order valence-corrected chi connectivity index (χ1v) is 7.65. The number of alkyl halides is 2. The predicted octanol–water partition coefficient (Wildman–Crippen LogP) is 4.34. The highest BCUT2D eigenvalue weighted by Crippen LogP contribution is 2.24. The lowest BCUT2D eigenvalue weighted by molar-refractivity contribution is -0.0498. The highest BCUT2D eigenvalue weighted by molar-refractivity contribution is 7.80. The van der Waals surface area contributed by atoms with Crippen LogP contribution < -0.4 is 20.1 Å². The lowest BCUT2D eigenvalue weighted by Crippen LogP contribution is -2.31. The quantitative estimate of drug-likeness (QED) is 0.757. The van der Waals surface area contributed by atoms with E-state index in [4.69, 9.17) is 17.0 Å².